The number of imidazole rings is 1. The van der Waals surface area contributed by atoms with Crippen molar-refractivity contribution in [2.45, 2.75) is 31.7 Å². The zero-order valence-electron chi connectivity index (χ0n) is 17.7. The van der Waals surface area contributed by atoms with Crippen molar-refractivity contribution >= 4 is 32.2 Å². The van der Waals surface area contributed by atoms with Gasteiger partial charge in [0.1, 0.15) is 10.6 Å². The Bertz CT molecular complexity index is 1160. The smallest absolute Gasteiger partial charge is 0.251 e. The number of thiazole rings is 1. The Morgan fingerprint density at radius 3 is 2.71 bits per heavy atom. The van der Waals surface area contributed by atoms with Gasteiger partial charge in [-0.3, -0.25) is 9.20 Å². The Morgan fingerprint density at radius 2 is 2.03 bits per heavy atom. The fraction of sp³-hybridized carbons (Fsp3) is 0.429. The number of aromatic nitrogens is 2. The van der Waals surface area contributed by atoms with E-state index in [9.17, 15) is 13.2 Å². The van der Waals surface area contributed by atoms with Crippen LogP contribution in [0.25, 0.3) is 4.96 Å². The van der Waals surface area contributed by atoms with Crippen LogP contribution in [0.15, 0.2) is 40.9 Å². The van der Waals surface area contributed by atoms with Crippen LogP contribution in [0.1, 0.15) is 36.3 Å². The summed E-state index contributed by atoms with van der Waals surface area (Å²) >= 11 is 1.52. The van der Waals surface area contributed by atoms with E-state index in [-0.39, 0.29) is 40.5 Å². The van der Waals surface area contributed by atoms with E-state index in [4.69, 9.17) is 4.74 Å². The first-order chi connectivity index (χ1) is 14.8. The highest BCUT2D eigenvalue weighted by molar-refractivity contribution is 7.89. The van der Waals surface area contributed by atoms with Gasteiger partial charge in [0, 0.05) is 36.4 Å². The molecule has 0 spiro atoms. The Kier molecular flexibility index (Phi) is 6.05. The lowest BCUT2D eigenvalue weighted by Crippen LogP contribution is -2.42. The molecular weight excluding hydrogens is 436 g/mol. The van der Waals surface area contributed by atoms with Crippen LogP contribution < -0.4 is 10.1 Å². The molecule has 1 saturated heterocycles. The molecule has 4 rings (SSSR count). The summed E-state index contributed by atoms with van der Waals surface area (Å²) in [4.78, 5) is 18.1. The number of sulfonamides is 1. The molecule has 1 aliphatic rings. The first kappa shape index (κ1) is 21.8. The zero-order chi connectivity index (χ0) is 22.2. The Morgan fingerprint density at radius 1 is 1.29 bits per heavy atom. The van der Waals surface area contributed by atoms with Crippen LogP contribution >= 0.6 is 11.3 Å². The predicted molar refractivity (Wildman–Crippen MR) is 119 cm³/mol. The lowest BCUT2D eigenvalue weighted by atomic mass is 9.94. The maximum absolute atomic E-state index is 13.4. The van der Waals surface area contributed by atoms with Crippen LogP contribution in [0.2, 0.25) is 0 Å². The Balaban J connectivity index is 1.56. The number of amides is 1. The molecule has 0 radical (unpaired) electrons. The summed E-state index contributed by atoms with van der Waals surface area (Å²) in [7, 11) is -2.36. The van der Waals surface area contributed by atoms with Crippen LogP contribution in [0.4, 0.5) is 0 Å². The average Bonchev–Trinajstić information content (AvgIpc) is 3.32. The van der Waals surface area contributed by atoms with Gasteiger partial charge < -0.3 is 10.1 Å². The fourth-order valence-electron chi connectivity index (χ4n) is 4.09. The van der Waals surface area contributed by atoms with Gasteiger partial charge in [0.05, 0.1) is 19.3 Å². The number of nitrogens with one attached hydrogen (secondary N) is 1. The van der Waals surface area contributed by atoms with Crippen molar-refractivity contribution in [3.8, 4) is 5.75 Å². The van der Waals surface area contributed by atoms with E-state index >= 15 is 0 Å². The SMILES string of the molecule is COc1ccc(C(=O)NCc2cn3ccsc3n2)cc1S(=O)(=O)N1CC(C)CC(C)C1. The molecule has 0 bridgehead atoms. The van der Waals surface area contributed by atoms with Gasteiger partial charge in [0.2, 0.25) is 10.0 Å². The number of piperidine rings is 1. The molecule has 10 heteroatoms. The van der Waals surface area contributed by atoms with E-state index in [0.29, 0.717) is 13.1 Å². The molecule has 166 valence electrons. The van der Waals surface area contributed by atoms with Gasteiger partial charge in [-0.05, 0) is 36.5 Å². The molecule has 1 aliphatic heterocycles. The lowest BCUT2D eigenvalue weighted by Gasteiger charge is -2.34. The summed E-state index contributed by atoms with van der Waals surface area (Å²) < 4.78 is 35.5. The second-order valence-corrected chi connectivity index (χ2v) is 10.9. The zero-order valence-corrected chi connectivity index (χ0v) is 19.4. The normalized spacial score (nSPS) is 20.1. The summed E-state index contributed by atoms with van der Waals surface area (Å²) in [6, 6.07) is 4.50. The number of rotatable bonds is 6. The van der Waals surface area contributed by atoms with Crippen molar-refractivity contribution in [1.82, 2.24) is 19.0 Å². The second-order valence-electron chi connectivity index (χ2n) is 8.14. The van der Waals surface area contributed by atoms with Gasteiger partial charge in [-0.2, -0.15) is 4.31 Å². The second kappa shape index (κ2) is 8.60. The molecule has 1 N–H and O–H groups in total. The minimum atomic E-state index is -3.79. The van der Waals surface area contributed by atoms with Gasteiger partial charge in [-0.1, -0.05) is 13.8 Å². The third-order valence-corrected chi connectivity index (χ3v) is 8.08. The van der Waals surface area contributed by atoms with E-state index < -0.39 is 10.0 Å². The number of carbonyl (C=O) groups is 1. The van der Waals surface area contributed by atoms with E-state index in [1.165, 1.54) is 34.9 Å². The van der Waals surface area contributed by atoms with Crippen molar-refractivity contribution in [1.29, 1.82) is 0 Å². The molecule has 1 fully saturated rings. The van der Waals surface area contributed by atoms with Gasteiger partial charge in [-0.25, -0.2) is 13.4 Å². The molecule has 2 unspecified atom stereocenters. The monoisotopic (exact) mass is 462 g/mol. The first-order valence-corrected chi connectivity index (χ1v) is 12.5. The van der Waals surface area contributed by atoms with Gasteiger partial charge in [0.15, 0.2) is 4.96 Å². The minimum absolute atomic E-state index is 0.0199. The molecule has 3 aromatic rings. The largest absolute Gasteiger partial charge is 0.495 e. The lowest BCUT2D eigenvalue weighted by molar-refractivity contribution is 0.0950. The van der Waals surface area contributed by atoms with Crippen molar-refractivity contribution in [2.75, 3.05) is 20.2 Å². The molecule has 1 amide bonds. The molecule has 1 aromatic carbocycles. The third-order valence-electron chi connectivity index (χ3n) is 5.45. The van der Waals surface area contributed by atoms with E-state index in [1.807, 2.05) is 22.2 Å². The van der Waals surface area contributed by atoms with Crippen molar-refractivity contribution in [3.63, 3.8) is 0 Å². The summed E-state index contributed by atoms with van der Waals surface area (Å²) in [5, 5.41) is 4.75. The highest BCUT2D eigenvalue weighted by atomic mass is 32.2. The van der Waals surface area contributed by atoms with Crippen molar-refractivity contribution in [3.05, 3.63) is 47.2 Å². The summed E-state index contributed by atoms with van der Waals surface area (Å²) in [5.74, 6) is 0.425. The number of carbonyl (C=O) groups excluding carboxylic acids is 1. The van der Waals surface area contributed by atoms with E-state index in [1.54, 1.807) is 6.07 Å². The molecule has 0 aliphatic carbocycles. The molecule has 31 heavy (non-hydrogen) atoms. The maximum Gasteiger partial charge on any atom is 0.251 e. The van der Waals surface area contributed by atoms with Gasteiger partial charge in [-0.15, -0.1) is 11.3 Å². The molecule has 0 saturated carbocycles. The van der Waals surface area contributed by atoms with Crippen LogP contribution in [-0.4, -0.2) is 48.2 Å². The number of benzene rings is 1. The van der Waals surface area contributed by atoms with Crippen LogP contribution in [0.3, 0.4) is 0 Å². The van der Waals surface area contributed by atoms with E-state index in [0.717, 1.165) is 17.1 Å². The Labute approximate surface area is 185 Å². The molecule has 2 aromatic heterocycles. The summed E-state index contributed by atoms with van der Waals surface area (Å²) in [5.41, 5.74) is 0.997. The molecule has 2 atom stereocenters. The highest BCUT2D eigenvalue weighted by Gasteiger charge is 2.34. The van der Waals surface area contributed by atoms with Crippen LogP contribution in [-0.2, 0) is 16.6 Å². The number of ether oxygens (including phenoxy) is 1. The number of hydrogen-bond acceptors (Lipinski definition) is 6. The average molecular weight is 463 g/mol. The number of hydrogen-bond donors (Lipinski definition) is 1. The number of nitrogens with zero attached hydrogens (tertiary/aromatic N) is 3. The minimum Gasteiger partial charge on any atom is -0.495 e. The first-order valence-electron chi connectivity index (χ1n) is 10.2. The Hall–Kier alpha value is -2.43. The fourth-order valence-corrected chi connectivity index (χ4v) is 6.67. The van der Waals surface area contributed by atoms with Crippen LogP contribution in [0, 0.1) is 11.8 Å². The van der Waals surface area contributed by atoms with Gasteiger partial charge in [0.25, 0.3) is 5.91 Å². The van der Waals surface area contributed by atoms with Crippen molar-refractivity contribution < 1.29 is 17.9 Å². The predicted octanol–water partition coefficient (Wildman–Crippen LogP) is 3.00. The number of methoxy groups -OCH3 is 1. The molecule has 8 nitrogen and oxygen atoms in total. The van der Waals surface area contributed by atoms with Crippen molar-refractivity contribution in [2.24, 2.45) is 11.8 Å². The summed E-state index contributed by atoms with van der Waals surface area (Å²) in [6.45, 7) is 5.29. The standard InChI is InChI=1S/C21H26N4O4S2/c1-14-8-15(2)12-25(11-14)31(27,28)19-9-16(4-5-18(19)29-3)20(26)22-10-17-13-24-6-7-30-21(24)23-17/h4-7,9,13-15H,8,10-12H2,1-3H3,(H,22,26). The highest BCUT2D eigenvalue weighted by Crippen LogP contribution is 2.32. The maximum atomic E-state index is 13.4. The summed E-state index contributed by atoms with van der Waals surface area (Å²) in [6.07, 6.45) is 4.76. The third kappa shape index (κ3) is 4.46. The van der Waals surface area contributed by atoms with E-state index in [2.05, 4.69) is 24.1 Å². The molecular formula is C21H26N4O4S2. The van der Waals surface area contributed by atoms with Gasteiger partial charge >= 0.3 is 0 Å². The molecule has 3 heterocycles. The topological polar surface area (TPSA) is 93.0 Å². The quantitative estimate of drug-likeness (QED) is 0.608. The van der Waals surface area contributed by atoms with Crippen LogP contribution in [0.5, 0.6) is 5.75 Å². The number of fused-ring (bicyclic) bond motifs is 1.